The lowest BCUT2D eigenvalue weighted by atomic mass is 10.2. The van der Waals surface area contributed by atoms with E-state index in [4.69, 9.17) is 0 Å². The molecule has 1 atom stereocenters. The maximum absolute atomic E-state index is 11.0. The van der Waals surface area contributed by atoms with Gasteiger partial charge in [0.2, 0.25) is 0 Å². The van der Waals surface area contributed by atoms with E-state index in [0.29, 0.717) is 23.8 Å². The minimum atomic E-state index is 0.424. The molecule has 2 fully saturated rings. The van der Waals surface area contributed by atoms with Crippen molar-refractivity contribution >= 4 is 5.78 Å². The molecule has 2 aliphatic rings. The van der Waals surface area contributed by atoms with E-state index in [1.165, 1.54) is 6.42 Å². The van der Waals surface area contributed by atoms with Crippen LogP contribution in [0.3, 0.4) is 0 Å². The summed E-state index contributed by atoms with van der Waals surface area (Å²) in [6, 6.07) is 0.703. The second-order valence-electron chi connectivity index (χ2n) is 4.47. The van der Waals surface area contributed by atoms with Crippen molar-refractivity contribution in [2.45, 2.75) is 32.7 Å². The van der Waals surface area contributed by atoms with Crippen molar-refractivity contribution in [1.82, 2.24) is 4.90 Å². The summed E-state index contributed by atoms with van der Waals surface area (Å²) >= 11 is 0. The topological polar surface area (TPSA) is 20.3 Å². The van der Waals surface area contributed by atoms with Crippen LogP contribution >= 0.6 is 0 Å². The second kappa shape index (κ2) is 2.07. The number of hydrogen-bond acceptors (Lipinski definition) is 2. The van der Waals surface area contributed by atoms with Crippen molar-refractivity contribution in [2.24, 2.45) is 5.41 Å². The number of nitrogens with zero attached hydrogens (tertiary/aromatic N) is 1. The van der Waals surface area contributed by atoms with E-state index < -0.39 is 0 Å². The molecule has 0 aromatic carbocycles. The summed E-state index contributed by atoms with van der Waals surface area (Å²) in [6.45, 7) is 6.28. The monoisotopic (exact) mass is 153 g/mol. The van der Waals surface area contributed by atoms with E-state index in [2.05, 4.69) is 18.7 Å². The molecule has 2 nitrogen and oxygen atoms in total. The van der Waals surface area contributed by atoms with Gasteiger partial charge in [-0.1, -0.05) is 13.8 Å². The SMILES string of the molecule is CC1(C)CC1N1CCC(=O)C1. The van der Waals surface area contributed by atoms with Crippen LogP contribution in [0.1, 0.15) is 26.7 Å². The number of carbonyl (C=O) groups is 1. The Morgan fingerprint density at radius 1 is 1.55 bits per heavy atom. The molecule has 62 valence electrons. The molecule has 0 N–H and O–H groups in total. The first-order valence-electron chi connectivity index (χ1n) is 4.35. The van der Waals surface area contributed by atoms with Crippen LogP contribution in [-0.4, -0.2) is 29.8 Å². The fraction of sp³-hybridized carbons (Fsp3) is 0.889. The van der Waals surface area contributed by atoms with Crippen LogP contribution in [0.15, 0.2) is 0 Å². The molecule has 1 heterocycles. The van der Waals surface area contributed by atoms with Crippen LogP contribution in [0, 0.1) is 5.41 Å². The lowest BCUT2D eigenvalue weighted by Gasteiger charge is -2.14. The standard InChI is InChI=1S/C9H15NO/c1-9(2)5-8(9)10-4-3-7(11)6-10/h8H,3-6H2,1-2H3. The van der Waals surface area contributed by atoms with Gasteiger partial charge >= 0.3 is 0 Å². The molecule has 0 amide bonds. The Kier molecular flexibility index (Phi) is 1.37. The van der Waals surface area contributed by atoms with Crippen molar-refractivity contribution in [3.8, 4) is 0 Å². The number of likely N-dealkylation sites (tertiary alicyclic amines) is 1. The van der Waals surface area contributed by atoms with Crippen LogP contribution in [0.5, 0.6) is 0 Å². The Hall–Kier alpha value is -0.370. The van der Waals surface area contributed by atoms with Crippen molar-refractivity contribution in [1.29, 1.82) is 0 Å². The summed E-state index contributed by atoms with van der Waals surface area (Å²) in [5.74, 6) is 0.424. The molecule has 0 bridgehead atoms. The highest BCUT2D eigenvalue weighted by Crippen LogP contribution is 2.49. The second-order valence-corrected chi connectivity index (χ2v) is 4.47. The lowest BCUT2D eigenvalue weighted by Crippen LogP contribution is -2.26. The highest BCUT2D eigenvalue weighted by molar-refractivity contribution is 5.82. The number of ketones is 1. The van der Waals surface area contributed by atoms with Crippen molar-refractivity contribution in [3.63, 3.8) is 0 Å². The molecule has 1 saturated heterocycles. The highest BCUT2D eigenvalue weighted by Gasteiger charge is 2.50. The Morgan fingerprint density at radius 2 is 2.18 bits per heavy atom. The molecule has 0 radical (unpaired) electrons. The molecule has 0 spiro atoms. The predicted molar refractivity (Wildman–Crippen MR) is 43.4 cm³/mol. The summed E-state index contributed by atoms with van der Waals surface area (Å²) in [4.78, 5) is 13.3. The van der Waals surface area contributed by atoms with E-state index in [1.54, 1.807) is 0 Å². The lowest BCUT2D eigenvalue weighted by molar-refractivity contribution is -0.116. The van der Waals surface area contributed by atoms with Crippen LogP contribution in [-0.2, 0) is 4.79 Å². The fourth-order valence-corrected chi connectivity index (χ4v) is 1.98. The first-order chi connectivity index (χ1) is 5.09. The van der Waals surface area contributed by atoms with Gasteiger partial charge in [-0.15, -0.1) is 0 Å². The molecule has 0 aromatic heterocycles. The zero-order valence-corrected chi connectivity index (χ0v) is 7.26. The Morgan fingerprint density at radius 3 is 2.55 bits per heavy atom. The van der Waals surface area contributed by atoms with E-state index in [0.717, 1.165) is 13.0 Å². The van der Waals surface area contributed by atoms with Crippen LogP contribution < -0.4 is 0 Å². The van der Waals surface area contributed by atoms with Gasteiger partial charge < -0.3 is 0 Å². The van der Waals surface area contributed by atoms with E-state index in [1.807, 2.05) is 0 Å². The quantitative estimate of drug-likeness (QED) is 0.561. The molecule has 1 aliphatic carbocycles. The predicted octanol–water partition coefficient (Wildman–Crippen LogP) is 1.06. The van der Waals surface area contributed by atoms with Gasteiger partial charge in [0.1, 0.15) is 5.78 Å². The zero-order chi connectivity index (χ0) is 8.06. The fourth-order valence-electron chi connectivity index (χ4n) is 1.98. The van der Waals surface area contributed by atoms with Crippen LogP contribution in [0.25, 0.3) is 0 Å². The third kappa shape index (κ3) is 1.20. The van der Waals surface area contributed by atoms with Crippen LogP contribution in [0.2, 0.25) is 0 Å². The van der Waals surface area contributed by atoms with Gasteiger partial charge in [0, 0.05) is 19.0 Å². The van der Waals surface area contributed by atoms with Gasteiger partial charge in [-0.05, 0) is 11.8 Å². The van der Waals surface area contributed by atoms with Gasteiger partial charge in [-0.3, -0.25) is 9.69 Å². The van der Waals surface area contributed by atoms with Gasteiger partial charge in [0.15, 0.2) is 0 Å². The number of hydrogen-bond donors (Lipinski definition) is 0. The summed E-state index contributed by atoms with van der Waals surface area (Å²) in [5, 5.41) is 0. The third-order valence-corrected chi connectivity index (χ3v) is 2.96. The average molecular weight is 153 g/mol. The minimum Gasteiger partial charge on any atom is -0.298 e. The maximum Gasteiger partial charge on any atom is 0.148 e. The first-order valence-corrected chi connectivity index (χ1v) is 4.35. The molecule has 0 aromatic rings. The maximum atomic E-state index is 11.0. The molecule has 1 saturated carbocycles. The third-order valence-electron chi connectivity index (χ3n) is 2.96. The van der Waals surface area contributed by atoms with Crippen molar-refractivity contribution in [2.75, 3.05) is 13.1 Å². The molecule has 1 unspecified atom stereocenters. The van der Waals surface area contributed by atoms with Crippen molar-refractivity contribution in [3.05, 3.63) is 0 Å². The Balaban J connectivity index is 1.94. The Labute approximate surface area is 67.6 Å². The number of carbonyl (C=O) groups excluding carboxylic acids is 1. The van der Waals surface area contributed by atoms with Gasteiger partial charge in [-0.25, -0.2) is 0 Å². The summed E-state index contributed by atoms with van der Waals surface area (Å²) in [7, 11) is 0. The summed E-state index contributed by atoms with van der Waals surface area (Å²) < 4.78 is 0. The van der Waals surface area contributed by atoms with Crippen molar-refractivity contribution < 1.29 is 4.79 Å². The summed E-state index contributed by atoms with van der Waals surface area (Å²) in [6.07, 6.45) is 2.06. The first kappa shape index (κ1) is 7.29. The molecular formula is C9H15NO. The van der Waals surface area contributed by atoms with Gasteiger partial charge in [0.25, 0.3) is 0 Å². The molecule has 2 rings (SSSR count). The number of Topliss-reactive ketones (excluding diaryl/α,β-unsaturated/α-hetero) is 1. The summed E-state index contributed by atoms with van der Waals surface area (Å²) in [5.41, 5.74) is 0.491. The molecule has 1 aliphatic heterocycles. The normalized spacial score (nSPS) is 36.2. The Bertz CT molecular complexity index is 198. The molecular weight excluding hydrogens is 138 g/mol. The van der Waals surface area contributed by atoms with Crippen LogP contribution in [0.4, 0.5) is 0 Å². The number of rotatable bonds is 1. The smallest absolute Gasteiger partial charge is 0.148 e. The largest absolute Gasteiger partial charge is 0.298 e. The minimum absolute atomic E-state index is 0.424. The van der Waals surface area contributed by atoms with Gasteiger partial charge in [0.05, 0.1) is 6.54 Å². The van der Waals surface area contributed by atoms with E-state index in [-0.39, 0.29) is 0 Å². The van der Waals surface area contributed by atoms with Gasteiger partial charge in [-0.2, -0.15) is 0 Å². The average Bonchev–Trinajstić information content (AvgIpc) is 2.39. The zero-order valence-electron chi connectivity index (χ0n) is 7.26. The van der Waals surface area contributed by atoms with E-state index in [9.17, 15) is 4.79 Å². The van der Waals surface area contributed by atoms with E-state index >= 15 is 0 Å². The molecule has 11 heavy (non-hydrogen) atoms. The molecule has 2 heteroatoms. The highest BCUT2D eigenvalue weighted by atomic mass is 16.1.